The Labute approximate surface area is 99.5 Å². The molecule has 0 saturated heterocycles. The molecule has 94 valence electrons. The van der Waals surface area contributed by atoms with Crippen LogP contribution in [0, 0.1) is 0 Å². The van der Waals surface area contributed by atoms with Gasteiger partial charge in [-0.3, -0.25) is 0 Å². The van der Waals surface area contributed by atoms with Crippen molar-refractivity contribution >= 4 is 5.97 Å². The third kappa shape index (κ3) is 2.82. The Morgan fingerprint density at radius 3 is 3.12 bits per heavy atom. The van der Waals surface area contributed by atoms with Crippen LogP contribution in [0.4, 0.5) is 0 Å². The highest BCUT2D eigenvalue weighted by Crippen LogP contribution is 2.30. The van der Waals surface area contributed by atoms with Gasteiger partial charge in [0.1, 0.15) is 0 Å². The molecule has 2 unspecified atom stereocenters. The Kier molecular flexibility index (Phi) is 3.73. The number of aromatic nitrogens is 2. The number of carbonyl (C=O) groups excluding carboxylic acids is 1. The summed E-state index contributed by atoms with van der Waals surface area (Å²) in [7, 11) is 0. The van der Waals surface area contributed by atoms with Gasteiger partial charge in [0, 0.05) is 12.0 Å². The van der Waals surface area contributed by atoms with Crippen molar-refractivity contribution in [3.63, 3.8) is 0 Å². The van der Waals surface area contributed by atoms with E-state index in [1.165, 1.54) is 0 Å². The Bertz CT molecular complexity index is 391. The lowest BCUT2D eigenvalue weighted by Gasteiger charge is -2.23. The van der Waals surface area contributed by atoms with E-state index in [2.05, 4.69) is 10.1 Å². The van der Waals surface area contributed by atoms with Crippen molar-refractivity contribution in [2.24, 2.45) is 5.73 Å². The molecule has 0 spiro atoms. The predicted octanol–water partition coefficient (Wildman–Crippen LogP) is 1.23. The van der Waals surface area contributed by atoms with Crippen LogP contribution in [-0.4, -0.2) is 28.8 Å². The second-order valence-electron chi connectivity index (χ2n) is 4.30. The molecule has 0 radical (unpaired) electrons. The number of rotatable bonds is 3. The summed E-state index contributed by atoms with van der Waals surface area (Å²) in [6.07, 6.45) is 3.92. The lowest BCUT2D eigenvalue weighted by molar-refractivity contribution is 0.0508. The number of nitrogens with zero attached hydrogens (tertiary/aromatic N) is 2. The van der Waals surface area contributed by atoms with Gasteiger partial charge in [0.05, 0.1) is 6.61 Å². The number of hydrogen-bond acceptors (Lipinski definition) is 6. The molecule has 1 saturated carbocycles. The molecule has 1 fully saturated rings. The molecule has 1 heterocycles. The van der Waals surface area contributed by atoms with Crippen LogP contribution in [0.25, 0.3) is 0 Å². The monoisotopic (exact) mass is 239 g/mol. The first-order valence-electron chi connectivity index (χ1n) is 5.97. The lowest BCUT2D eigenvalue weighted by atomic mass is 9.86. The van der Waals surface area contributed by atoms with E-state index < -0.39 is 5.97 Å². The maximum Gasteiger partial charge on any atom is 0.379 e. The number of hydrogen-bond donors (Lipinski definition) is 1. The fraction of sp³-hybridized carbons (Fsp3) is 0.727. The second-order valence-corrected chi connectivity index (χ2v) is 4.30. The highest BCUT2D eigenvalue weighted by atomic mass is 16.5. The SMILES string of the molecule is CCOC(=O)c1noc(C2CCCC(N)C2)n1. The van der Waals surface area contributed by atoms with Gasteiger partial charge in [0.2, 0.25) is 5.89 Å². The Morgan fingerprint density at radius 1 is 1.59 bits per heavy atom. The van der Waals surface area contributed by atoms with Crippen molar-refractivity contribution in [3.05, 3.63) is 11.7 Å². The topological polar surface area (TPSA) is 91.2 Å². The van der Waals surface area contributed by atoms with E-state index in [-0.39, 0.29) is 17.8 Å². The number of nitrogens with two attached hydrogens (primary N) is 1. The standard InChI is InChI=1S/C11H17N3O3/c1-2-16-11(15)9-13-10(17-14-9)7-4-3-5-8(12)6-7/h7-8H,2-6,12H2,1H3. The fourth-order valence-electron chi connectivity index (χ4n) is 2.13. The van der Waals surface area contributed by atoms with E-state index in [0.717, 1.165) is 25.7 Å². The fourth-order valence-corrected chi connectivity index (χ4v) is 2.13. The third-order valence-corrected chi connectivity index (χ3v) is 2.96. The minimum absolute atomic E-state index is 0.000921. The average molecular weight is 239 g/mol. The summed E-state index contributed by atoms with van der Waals surface area (Å²) in [6, 6.07) is 0.187. The maximum atomic E-state index is 11.4. The van der Waals surface area contributed by atoms with Gasteiger partial charge in [0.15, 0.2) is 0 Å². The number of esters is 1. The molecule has 2 N–H and O–H groups in total. The summed E-state index contributed by atoms with van der Waals surface area (Å²) in [5.74, 6) is 0.140. The zero-order chi connectivity index (χ0) is 12.3. The molecule has 17 heavy (non-hydrogen) atoms. The van der Waals surface area contributed by atoms with Crippen LogP contribution in [0.2, 0.25) is 0 Å². The first kappa shape index (κ1) is 12.0. The molecular formula is C11H17N3O3. The van der Waals surface area contributed by atoms with Crippen molar-refractivity contribution in [3.8, 4) is 0 Å². The predicted molar refractivity (Wildman–Crippen MR) is 59.4 cm³/mol. The van der Waals surface area contributed by atoms with Crippen molar-refractivity contribution in [2.75, 3.05) is 6.61 Å². The first-order chi connectivity index (χ1) is 8.20. The molecule has 1 aliphatic carbocycles. The van der Waals surface area contributed by atoms with E-state index in [9.17, 15) is 4.79 Å². The molecule has 0 bridgehead atoms. The smallest absolute Gasteiger partial charge is 0.379 e. The van der Waals surface area contributed by atoms with Crippen LogP contribution in [0.3, 0.4) is 0 Å². The summed E-state index contributed by atoms with van der Waals surface area (Å²) in [5, 5.41) is 3.63. The summed E-state index contributed by atoms with van der Waals surface area (Å²) in [6.45, 7) is 2.04. The van der Waals surface area contributed by atoms with Crippen LogP contribution >= 0.6 is 0 Å². The van der Waals surface area contributed by atoms with Crippen molar-refractivity contribution < 1.29 is 14.1 Å². The first-order valence-corrected chi connectivity index (χ1v) is 5.97. The second kappa shape index (κ2) is 5.27. The molecule has 6 heteroatoms. The molecular weight excluding hydrogens is 222 g/mol. The number of carbonyl (C=O) groups is 1. The van der Waals surface area contributed by atoms with E-state index >= 15 is 0 Å². The largest absolute Gasteiger partial charge is 0.460 e. The van der Waals surface area contributed by atoms with Gasteiger partial charge in [-0.15, -0.1) is 0 Å². The average Bonchev–Trinajstić information content (AvgIpc) is 2.78. The molecule has 2 atom stereocenters. The Hall–Kier alpha value is -1.43. The lowest BCUT2D eigenvalue weighted by Crippen LogP contribution is -2.27. The van der Waals surface area contributed by atoms with Crippen LogP contribution in [-0.2, 0) is 4.74 Å². The minimum Gasteiger partial charge on any atom is -0.460 e. The molecule has 1 aromatic heterocycles. The summed E-state index contributed by atoms with van der Waals surface area (Å²) < 4.78 is 9.90. The highest BCUT2D eigenvalue weighted by Gasteiger charge is 2.27. The van der Waals surface area contributed by atoms with Gasteiger partial charge >= 0.3 is 5.97 Å². The van der Waals surface area contributed by atoms with E-state index in [4.69, 9.17) is 15.0 Å². The van der Waals surface area contributed by atoms with Gasteiger partial charge in [0.25, 0.3) is 5.82 Å². The summed E-state index contributed by atoms with van der Waals surface area (Å²) >= 11 is 0. The Balaban J connectivity index is 2.04. The molecule has 1 aliphatic rings. The van der Waals surface area contributed by atoms with Gasteiger partial charge in [-0.1, -0.05) is 6.42 Å². The maximum absolute atomic E-state index is 11.4. The summed E-state index contributed by atoms with van der Waals surface area (Å²) in [5.41, 5.74) is 5.90. The van der Waals surface area contributed by atoms with Gasteiger partial charge in [-0.2, -0.15) is 4.98 Å². The zero-order valence-corrected chi connectivity index (χ0v) is 9.89. The molecule has 1 aromatic rings. The quantitative estimate of drug-likeness (QED) is 0.798. The molecule has 2 rings (SSSR count). The van der Waals surface area contributed by atoms with Gasteiger partial charge < -0.3 is 15.0 Å². The van der Waals surface area contributed by atoms with Crippen LogP contribution < -0.4 is 5.73 Å². The third-order valence-electron chi connectivity index (χ3n) is 2.96. The van der Waals surface area contributed by atoms with E-state index in [1.54, 1.807) is 6.92 Å². The molecule has 0 amide bonds. The Morgan fingerprint density at radius 2 is 2.41 bits per heavy atom. The van der Waals surface area contributed by atoms with Crippen LogP contribution in [0.1, 0.15) is 55.0 Å². The highest BCUT2D eigenvalue weighted by molar-refractivity contribution is 5.84. The van der Waals surface area contributed by atoms with E-state index in [1.807, 2.05) is 0 Å². The van der Waals surface area contributed by atoms with E-state index in [0.29, 0.717) is 12.5 Å². The van der Waals surface area contributed by atoms with Crippen molar-refractivity contribution in [1.29, 1.82) is 0 Å². The minimum atomic E-state index is -0.539. The molecule has 0 aromatic carbocycles. The van der Waals surface area contributed by atoms with Crippen molar-refractivity contribution in [1.82, 2.24) is 10.1 Å². The zero-order valence-electron chi connectivity index (χ0n) is 9.89. The van der Waals surface area contributed by atoms with Crippen molar-refractivity contribution in [2.45, 2.75) is 44.6 Å². The summed E-state index contributed by atoms with van der Waals surface area (Å²) in [4.78, 5) is 15.5. The van der Waals surface area contributed by atoms with Crippen LogP contribution in [0.15, 0.2) is 4.52 Å². The van der Waals surface area contributed by atoms with Crippen LogP contribution in [0.5, 0.6) is 0 Å². The van der Waals surface area contributed by atoms with Gasteiger partial charge in [-0.25, -0.2) is 4.79 Å². The number of ether oxygens (including phenoxy) is 1. The molecule has 0 aliphatic heterocycles. The molecule has 6 nitrogen and oxygen atoms in total. The normalized spacial score (nSPS) is 24.6. The van der Waals surface area contributed by atoms with Gasteiger partial charge in [-0.05, 0) is 31.3 Å².